The number of hydrogen-bond acceptors (Lipinski definition) is 10. The second kappa shape index (κ2) is 11.3. The van der Waals surface area contributed by atoms with Gasteiger partial charge < -0.3 is 30.1 Å². The van der Waals surface area contributed by atoms with Crippen molar-refractivity contribution in [3.05, 3.63) is 35.5 Å². The minimum Gasteiger partial charge on any atom is -0.616 e. The number of nitrogens with one attached hydrogen (secondary N) is 3. The summed E-state index contributed by atoms with van der Waals surface area (Å²) in [4.78, 5) is 23.1. The predicted octanol–water partition coefficient (Wildman–Crippen LogP) is 3.15. The van der Waals surface area contributed by atoms with E-state index in [1.54, 1.807) is 6.26 Å². The van der Waals surface area contributed by atoms with Gasteiger partial charge in [0.2, 0.25) is 11.9 Å². The van der Waals surface area contributed by atoms with Crippen LogP contribution in [-0.4, -0.2) is 68.3 Å². The summed E-state index contributed by atoms with van der Waals surface area (Å²) in [6.07, 6.45) is 4.78. The van der Waals surface area contributed by atoms with E-state index in [9.17, 15) is 14.6 Å². The molecule has 1 unspecified atom stereocenters. The topological polar surface area (TPSA) is 156 Å². The van der Waals surface area contributed by atoms with Gasteiger partial charge in [-0.1, -0.05) is 11.2 Å². The molecule has 4 rings (SSSR count). The Kier molecular flexibility index (Phi) is 8.13. The van der Waals surface area contributed by atoms with E-state index in [0.717, 1.165) is 24.1 Å². The van der Waals surface area contributed by atoms with Crippen LogP contribution in [-0.2, 0) is 21.7 Å². The number of nitrogens with zero attached hydrogens (tertiary/aromatic N) is 6. The van der Waals surface area contributed by atoms with Crippen LogP contribution in [0, 0.1) is 11.3 Å². The Hall–Kier alpha value is -3.76. The van der Waals surface area contributed by atoms with Crippen molar-refractivity contribution < 1.29 is 14.1 Å². The Morgan fingerprint density at radius 1 is 1.34 bits per heavy atom. The van der Waals surface area contributed by atoms with Crippen LogP contribution in [0.2, 0.25) is 0 Å². The first kappa shape index (κ1) is 27.3. The second-order valence-electron chi connectivity index (χ2n) is 10.2. The number of aromatic nitrogens is 4. The van der Waals surface area contributed by atoms with E-state index < -0.39 is 22.9 Å². The highest BCUT2D eigenvalue weighted by atomic mass is 32.2. The van der Waals surface area contributed by atoms with E-state index >= 15 is 0 Å². The summed E-state index contributed by atoms with van der Waals surface area (Å²) < 4.78 is 19.0. The summed E-state index contributed by atoms with van der Waals surface area (Å²) in [6, 6.07) is 8.19. The van der Waals surface area contributed by atoms with Gasteiger partial charge in [-0.05, 0) is 51.8 Å². The standard InChI is InChI=1S/C25H33N9O3S/c1-25(2,3)37-24(35)27-10-11-33(4)20-9-8-19(12-16(20)15-38(5)36)29-22-31-21-17(13-26)14-28-34(21)23(32-22)30-18-6-7-18/h8-9,12,14,18H,6-7,10-11,15H2,1-5H3,(H,27,35)(H2,29,30,31,32). The summed E-state index contributed by atoms with van der Waals surface area (Å²) in [6.45, 7) is 6.37. The maximum atomic E-state index is 12.2. The number of carbonyl (C=O) groups is 1. The van der Waals surface area contributed by atoms with Gasteiger partial charge in [-0.2, -0.15) is 24.8 Å². The lowest BCUT2D eigenvalue weighted by atomic mass is 10.1. The molecule has 1 aromatic carbocycles. The van der Waals surface area contributed by atoms with E-state index in [1.807, 2.05) is 50.9 Å². The number of alkyl carbamates (subject to hydrolysis) is 1. The van der Waals surface area contributed by atoms with E-state index in [0.29, 0.717) is 53.7 Å². The fourth-order valence-corrected chi connectivity index (χ4v) is 4.44. The monoisotopic (exact) mass is 539 g/mol. The van der Waals surface area contributed by atoms with Gasteiger partial charge in [-0.3, -0.25) is 0 Å². The minimum atomic E-state index is -1.08. The quantitative estimate of drug-likeness (QED) is 0.327. The Bertz CT molecular complexity index is 1340. The summed E-state index contributed by atoms with van der Waals surface area (Å²) >= 11 is -1.08. The highest BCUT2D eigenvalue weighted by Crippen LogP contribution is 2.28. The van der Waals surface area contributed by atoms with Crippen LogP contribution < -0.4 is 20.9 Å². The summed E-state index contributed by atoms with van der Waals surface area (Å²) in [5.41, 5.74) is 2.69. The second-order valence-corrected chi connectivity index (χ2v) is 11.7. The first-order valence-electron chi connectivity index (χ1n) is 12.3. The molecule has 12 nitrogen and oxygen atoms in total. The smallest absolute Gasteiger partial charge is 0.407 e. The van der Waals surface area contributed by atoms with Crippen molar-refractivity contribution in [3.8, 4) is 6.07 Å². The predicted molar refractivity (Wildman–Crippen MR) is 147 cm³/mol. The van der Waals surface area contributed by atoms with Crippen LogP contribution in [0.5, 0.6) is 0 Å². The Labute approximate surface area is 225 Å². The number of amides is 1. The number of carbonyl (C=O) groups excluding carboxylic acids is 1. The Balaban J connectivity index is 1.52. The third kappa shape index (κ3) is 7.17. The number of likely N-dealkylation sites (N-methyl/N-ethyl adjacent to an activating group) is 1. The van der Waals surface area contributed by atoms with E-state index in [2.05, 4.69) is 37.1 Å². The molecule has 1 saturated carbocycles. The molecule has 2 aromatic heterocycles. The lowest BCUT2D eigenvalue weighted by Crippen LogP contribution is -2.37. The third-order valence-electron chi connectivity index (χ3n) is 5.62. The van der Waals surface area contributed by atoms with Crippen molar-refractivity contribution in [2.24, 2.45) is 0 Å². The lowest BCUT2D eigenvalue weighted by molar-refractivity contribution is 0.0529. The molecule has 0 spiro atoms. The van der Waals surface area contributed by atoms with Crippen LogP contribution in [0.1, 0.15) is 44.7 Å². The van der Waals surface area contributed by atoms with E-state index in [-0.39, 0.29) is 0 Å². The molecule has 13 heteroatoms. The molecule has 0 radical (unpaired) electrons. The van der Waals surface area contributed by atoms with Gasteiger partial charge in [0.05, 0.1) is 12.5 Å². The molecular formula is C25H33N9O3S. The molecule has 0 bridgehead atoms. The van der Waals surface area contributed by atoms with Gasteiger partial charge in [0.25, 0.3) is 0 Å². The normalized spacial score (nSPS) is 14.0. The molecule has 202 valence electrons. The Morgan fingerprint density at radius 3 is 2.76 bits per heavy atom. The number of fused-ring (bicyclic) bond motifs is 1. The number of hydrogen-bond donors (Lipinski definition) is 3. The number of ether oxygens (including phenoxy) is 1. The molecule has 0 aliphatic heterocycles. The molecule has 1 fully saturated rings. The zero-order chi connectivity index (χ0) is 27.4. The molecular weight excluding hydrogens is 506 g/mol. The van der Waals surface area contributed by atoms with Gasteiger partial charge in [-0.25, -0.2) is 4.79 Å². The molecule has 3 aromatic rings. The average Bonchev–Trinajstić information content (AvgIpc) is 3.53. The largest absolute Gasteiger partial charge is 0.616 e. The summed E-state index contributed by atoms with van der Waals surface area (Å²) in [5, 5.41) is 23.0. The van der Waals surface area contributed by atoms with Crippen molar-refractivity contribution in [1.29, 1.82) is 5.26 Å². The first-order chi connectivity index (χ1) is 18.0. The fraction of sp³-hybridized carbons (Fsp3) is 0.480. The molecule has 1 aliphatic carbocycles. The maximum absolute atomic E-state index is 12.2. The highest BCUT2D eigenvalue weighted by molar-refractivity contribution is 7.89. The molecule has 1 atom stereocenters. The van der Waals surface area contributed by atoms with Crippen molar-refractivity contribution >= 4 is 46.2 Å². The zero-order valence-electron chi connectivity index (χ0n) is 22.2. The van der Waals surface area contributed by atoms with E-state index in [4.69, 9.17) is 4.74 Å². The molecule has 0 saturated heterocycles. The lowest BCUT2D eigenvalue weighted by Gasteiger charge is -2.24. The summed E-state index contributed by atoms with van der Waals surface area (Å²) in [5.74, 6) is 1.19. The van der Waals surface area contributed by atoms with Crippen molar-refractivity contribution in [2.45, 2.75) is 51.0 Å². The van der Waals surface area contributed by atoms with Crippen LogP contribution in [0.3, 0.4) is 0 Å². The third-order valence-corrected chi connectivity index (χ3v) is 6.34. The van der Waals surface area contributed by atoms with Gasteiger partial charge in [0, 0.05) is 43.1 Å². The van der Waals surface area contributed by atoms with Crippen LogP contribution in [0.4, 0.5) is 28.1 Å². The number of nitriles is 1. The van der Waals surface area contributed by atoms with Gasteiger partial charge in [0.1, 0.15) is 23.0 Å². The van der Waals surface area contributed by atoms with Crippen LogP contribution in [0.25, 0.3) is 5.65 Å². The minimum absolute atomic E-state index is 0.323. The molecule has 1 amide bonds. The maximum Gasteiger partial charge on any atom is 0.407 e. The van der Waals surface area contributed by atoms with Gasteiger partial charge in [-0.15, -0.1) is 0 Å². The van der Waals surface area contributed by atoms with Crippen molar-refractivity contribution in [1.82, 2.24) is 24.9 Å². The fourth-order valence-electron chi connectivity index (χ4n) is 3.78. The van der Waals surface area contributed by atoms with Crippen LogP contribution in [0.15, 0.2) is 24.4 Å². The number of anilines is 4. The highest BCUT2D eigenvalue weighted by Gasteiger charge is 2.24. The number of benzene rings is 1. The van der Waals surface area contributed by atoms with Gasteiger partial charge in [0.15, 0.2) is 5.65 Å². The molecule has 2 heterocycles. The summed E-state index contributed by atoms with van der Waals surface area (Å²) in [7, 11) is 1.91. The van der Waals surface area contributed by atoms with Gasteiger partial charge >= 0.3 is 6.09 Å². The van der Waals surface area contributed by atoms with E-state index in [1.165, 1.54) is 10.7 Å². The molecule has 1 aliphatic rings. The van der Waals surface area contributed by atoms with Crippen molar-refractivity contribution in [3.63, 3.8) is 0 Å². The number of rotatable bonds is 10. The SMILES string of the molecule is CN(CCNC(=O)OC(C)(C)C)c1ccc(Nc2nc(NC3CC3)n3ncc(C#N)c3n2)cc1C[S+](C)[O-]. The first-order valence-corrected chi connectivity index (χ1v) is 14.1. The zero-order valence-corrected chi connectivity index (χ0v) is 23.1. The van der Waals surface area contributed by atoms with Crippen molar-refractivity contribution in [2.75, 3.05) is 41.9 Å². The molecule has 38 heavy (non-hydrogen) atoms. The average molecular weight is 540 g/mol. The Morgan fingerprint density at radius 2 is 2.11 bits per heavy atom. The molecule has 3 N–H and O–H groups in total. The van der Waals surface area contributed by atoms with Crippen LogP contribution >= 0.6 is 0 Å².